The molecular formula is C12H18N2O. The summed E-state index contributed by atoms with van der Waals surface area (Å²) in [5, 5.41) is 0. The van der Waals surface area contributed by atoms with Crippen LogP contribution in [0.1, 0.15) is 31.9 Å². The van der Waals surface area contributed by atoms with Gasteiger partial charge in [0.05, 0.1) is 0 Å². The number of Topliss-reactive ketones (excluding diaryl/α,β-unsaturated/α-hetero) is 1. The van der Waals surface area contributed by atoms with Gasteiger partial charge in [0.1, 0.15) is 5.78 Å². The molecular weight excluding hydrogens is 188 g/mol. The van der Waals surface area contributed by atoms with Crippen LogP contribution < -0.4 is 5.73 Å². The van der Waals surface area contributed by atoms with Crippen molar-refractivity contribution < 1.29 is 4.79 Å². The normalized spacial score (nSPS) is 12.4. The number of nitrogens with zero attached hydrogens (tertiary/aromatic N) is 1. The van der Waals surface area contributed by atoms with E-state index in [1.807, 2.05) is 18.2 Å². The first-order chi connectivity index (χ1) is 7.22. The Labute approximate surface area is 90.7 Å². The summed E-state index contributed by atoms with van der Waals surface area (Å²) in [5.74, 6) is 0.176. The van der Waals surface area contributed by atoms with Crippen LogP contribution in [0.3, 0.4) is 0 Å². The fourth-order valence-electron chi connectivity index (χ4n) is 1.54. The van der Waals surface area contributed by atoms with Crippen LogP contribution in [0.4, 0.5) is 0 Å². The second-order valence-electron chi connectivity index (χ2n) is 3.79. The number of hydrogen-bond donors (Lipinski definition) is 1. The van der Waals surface area contributed by atoms with E-state index >= 15 is 0 Å². The summed E-state index contributed by atoms with van der Waals surface area (Å²) < 4.78 is 0. The molecule has 1 heterocycles. The quantitative estimate of drug-likeness (QED) is 0.771. The van der Waals surface area contributed by atoms with Crippen molar-refractivity contribution in [2.75, 3.05) is 0 Å². The standard InChI is InChI=1S/C12H18N2O/c1-2-5-10(13)8-12(15)9-11-6-3-4-7-14-11/h3-4,6-7,10H,2,5,8-9,13H2,1H3. The summed E-state index contributed by atoms with van der Waals surface area (Å²) in [7, 11) is 0. The molecule has 1 atom stereocenters. The SMILES string of the molecule is CCCC(N)CC(=O)Cc1ccccn1. The van der Waals surface area contributed by atoms with Gasteiger partial charge in [0, 0.05) is 30.8 Å². The van der Waals surface area contributed by atoms with Gasteiger partial charge in [0.2, 0.25) is 0 Å². The molecule has 0 spiro atoms. The van der Waals surface area contributed by atoms with E-state index in [9.17, 15) is 4.79 Å². The lowest BCUT2D eigenvalue weighted by Crippen LogP contribution is -2.24. The fourth-order valence-corrected chi connectivity index (χ4v) is 1.54. The molecule has 0 aliphatic heterocycles. The molecule has 0 amide bonds. The van der Waals surface area contributed by atoms with Crippen molar-refractivity contribution in [3.63, 3.8) is 0 Å². The molecule has 0 aliphatic rings. The van der Waals surface area contributed by atoms with Crippen molar-refractivity contribution in [2.45, 2.75) is 38.6 Å². The van der Waals surface area contributed by atoms with E-state index in [0.29, 0.717) is 12.8 Å². The molecule has 1 aromatic heterocycles. The Hall–Kier alpha value is -1.22. The smallest absolute Gasteiger partial charge is 0.140 e. The maximum absolute atomic E-state index is 11.6. The van der Waals surface area contributed by atoms with Gasteiger partial charge in [-0.1, -0.05) is 19.4 Å². The first kappa shape index (κ1) is 11.9. The maximum atomic E-state index is 11.6. The van der Waals surface area contributed by atoms with Gasteiger partial charge in [0.25, 0.3) is 0 Å². The van der Waals surface area contributed by atoms with Crippen molar-refractivity contribution >= 4 is 5.78 Å². The summed E-state index contributed by atoms with van der Waals surface area (Å²) in [5.41, 5.74) is 6.62. The van der Waals surface area contributed by atoms with Gasteiger partial charge in [-0.05, 0) is 18.6 Å². The van der Waals surface area contributed by atoms with Crippen LogP contribution in [-0.2, 0) is 11.2 Å². The Morgan fingerprint density at radius 1 is 1.53 bits per heavy atom. The van der Waals surface area contributed by atoms with Crippen LogP contribution in [0.25, 0.3) is 0 Å². The molecule has 0 saturated carbocycles. The Balaban J connectivity index is 2.36. The van der Waals surface area contributed by atoms with Crippen LogP contribution >= 0.6 is 0 Å². The third kappa shape index (κ3) is 4.70. The zero-order chi connectivity index (χ0) is 11.1. The lowest BCUT2D eigenvalue weighted by atomic mass is 10.0. The number of carbonyl (C=O) groups excluding carboxylic acids is 1. The van der Waals surface area contributed by atoms with Crippen molar-refractivity contribution in [1.82, 2.24) is 4.98 Å². The Bertz CT molecular complexity index is 298. The lowest BCUT2D eigenvalue weighted by Gasteiger charge is -2.08. The first-order valence-electron chi connectivity index (χ1n) is 5.39. The second-order valence-corrected chi connectivity index (χ2v) is 3.79. The highest BCUT2D eigenvalue weighted by Crippen LogP contribution is 2.03. The molecule has 0 saturated heterocycles. The van der Waals surface area contributed by atoms with Crippen molar-refractivity contribution in [1.29, 1.82) is 0 Å². The number of hydrogen-bond acceptors (Lipinski definition) is 3. The van der Waals surface area contributed by atoms with Crippen molar-refractivity contribution in [3.8, 4) is 0 Å². The average Bonchev–Trinajstić information content (AvgIpc) is 2.19. The number of ketones is 1. The van der Waals surface area contributed by atoms with Crippen LogP contribution in [-0.4, -0.2) is 16.8 Å². The van der Waals surface area contributed by atoms with Gasteiger partial charge >= 0.3 is 0 Å². The zero-order valence-corrected chi connectivity index (χ0v) is 9.15. The van der Waals surface area contributed by atoms with Gasteiger partial charge in [-0.2, -0.15) is 0 Å². The van der Waals surface area contributed by atoms with Crippen LogP contribution in [0.2, 0.25) is 0 Å². The van der Waals surface area contributed by atoms with E-state index in [1.54, 1.807) is 6.20 Å². The molecule has 1 rings (SSSR count). The monoisotopic (exact) mass is 206 g/mol. The fraction of sp³-hybridized carbons (Fsp3) is 0.500. The minimum atomic E-state index is 0.00575. The van der Waals surface area contributed by atoms with Crippen molar-refractivity contribution in [2.24, 2.45) is 5.73 Å². The van der Waals surface area contributed by atoms with E-state index in [0.717, 1.165) is 18.5 Å². The molecule has 0 fully saturated rings. The number of nitrogens with two attached hydrogens (primary N) is 1. The highest BCUT2D eigenvalue weighted by molar-refractivity contribution is 5.80. The van der Waals surface area contributed by atoms with Gasteiger partial charge < -0.3 is 5.73 Å². The predicted octanol–water partition coefficient (Wildman–Crippen LogP) is 1.71. The number of pyridine rings is 1. The van der Waals surface area contributed by atoms with Crippen LogP contribution in [0.15, 0.2) is 24.4 Å². The predicted molar refractivity (Wildman–Crippen MR) is 60.4 cm³/mol. The Kier molecular flexibility index (Phi) is 4.98. The zero-order valence-electron chi connectivity index (χ0n) is 9.15. The highest BCUT2D eigenvalue weighted by Gasteiger charge is 2.09. The number of rotatable bonds is 6. The molecule has 1 unspecified atom stereocenters. The Morgan fingerprint density at radius 2 is 2.33 bits per heavy atom. The van der Waals surface area contributed by atoms with Gasteiger partial charge in [-0.3, -0.25) is 9.78 Å². The summed E-state index contributed by atoms with van der Waals surface area (Å²) in [4.78, 5) is 15.7. The molecule has 0 aliphatic carbocycles. The molecule has 0 aromatic carbocycles. The molecule has 2 N–H and O–H groups in total. The molecule has 3 heteroatoms. The molecule has 15 heavy (non-hydrogen) atoms. The second kappa shape index (κ2) is 6.30. The molecule has 3 nitrogen and oxygen atoms in total. The summed E-state index contributed by atoms with van der Waals surface area (Å²) in [6.07, 6.45) is 4.50. The van der Waals surface area contributed by atoms with Gasteiger partial charge in [0.15, 0.2) is 0 Å². The summed E-state index contributed by atoms with van der Waals surface area (Å²) >= 11 is 0. The van der Waals surface area contributed by atoms with E-state index in [1.165, 1.54) is 0 Å². The van der Waals surface area contributed by atoms with E-state index in [2.05, 4.69) is 11.9 Å². The number of carbonyl (C=O) groups is 1. The summed E-state index contributed by atoms with van der Waals surface area (Å²) in [6.45, 7) is 2.07. The van der Waals surface area contributed by atoms with Gasteiger partial charge in [-0.15, -0.1) is 0 Å². The third-order valence-corrected chi connectivity index (χ3v) is 2.25. The van der Waals surface area contributed by atoms with Crippen LogP contribution in [0, 0.1) is 0 Å². The van der Waals surface area contributed by atoms with E-state index in [-0.39, 0.29) is 11.8 Å². The topological polar surface area (TPSA) is 56.0 Å². The minimum absolute atomic E-state index is 0.00575. The molecule has 0 bridgehead atoms. The third-order valence-electron chi connectivity index (χ3n) is 2.25. The first-order valence-corrected chi connectivity index (χ1v) is 5.39. The van der Waals surface area contributed by atoms with Gasteiger partial charge in [-0.25, -0.2) is 0 Å². The van der Waals surface area contributed by atoms with Crippen molar-refractivity contribution in [3.05, 3.63) is 30.1 Å². The number of aromatic nitrogens is 1. The average molecular weight is 206 g/mol. The molecule has 82 valence electrons. The molecule has 1 aromatic rings. The summed E-state index contributed by atoms with van der Waals surface area (Å²) in [6, 6.07) is 5.60. The maximum Gasteiger partial charge on any atom is 0.140 e. The van der Waals surface area contributed by atoms with Crippen LogP contribution in [0.5, 0.6) is 0 Å². The minimum Gasteiger partial charge on any atom is -0.327 e. The molecule has 0 radical (unpaired) electrons. The highest BCUT2D eigenvalue weighted by atomic mass is 16.1. The van der Waals surface area contributed by atoms with E-state index < -0.39 is 0 Å². The largest absolute Gasteiger partial charge is 0.327 e. The lowest BCUT2D eigenvalue weighted by molar-refractivity contribution is -0.118. The Morgan fingerprint density at radius 3 is 2.93 bits per heavy atom. The van der Waals surface area contributed by atoms with E-state index in [4.69, 9.17) is 5.73 Å².